The van der Waals surface area contributed by atoms with Crippen LogP contribution in [0.15, 0.2) is 17.3 Å². The van der Waals surface area contributed by atoms with Crippen LogP contribution in [-0.4, -0.2) is 28.9 Å². The van der Waals surface area contributed by atoms with Gasteiger partial charge in [-0.1, -0.05) is 0 Å². The summed E-state index contributed by atoms with van der Waals surface area (Å²) in [6.45, 7) is 5.03. The van der Waals surface area contributed by atoms with Crippen LogP contribution in [0.1, 0.15) is 12.5 Å². The van der Waals surface area contributed by atoms with Crippen molar-refractivity contribution in [3.63, 3.8) is 0 Å². The molecule has 0 aromatic carbocycles. The van der Waals surface area contributed by atoms with Gasteiger partial charge < -0.3 is 4.74 Å². The SMILES string of the molecule is CCOCCSc1cc(C)c([N+](=O)[O-])cn1. The lowest BCUT2D eigenvalue weighted by molar-refractivity contribution is -0.385. The zero-order chi connectivity index (χ0) is 12.0. The van der Waals surface area contributed by atoms with Crippen molar-refractivity contribution in [3.05, 3.63) is 27.9 Å². The fourth-order valence-corrected chi connectivity index (χ4v) is 1.94. The Hall–Kier alpha value is -1.14. The van der Waals surface area contributed by atoms with Crippen LogP contribution in [0.5, 0.6) is 0 Å². The molecule has 0 saturated heterocycles. The highest BCUT2D eigenvalue weighted by atomic mass is 32.2. The molecule has 0 radical (unpaired) electrons. The standard InChI is InChI=1S/C10H14N2O3S/c1-3-15-4-5-16-10-6-8(2)9(7-11-10)12(13)14/h6-7H,3-5H2,1-2H3. The molecule has 0 aliphatic carbocycles. The smallest absolute Gasteiger partial charge is 0.290 e. The molecule has 16 heavy (non-hydrogen) atoms. The van der Waals surface area contributed by atoms with E-state index in [1.165, 1.54) is 18.0 Å². The Morgan fingerprint density at radius 2 is 2.38 bits per heavy atom. The largest absolute Gasteiger partial charge is 0.381 e. The number of hydrogen-bond acceptors (Lipinski definition) is 5. The number of aryl methyl sites for hydroxylation is 1. The van der Waals surface area contributed by atoms with Crippen molar-refractivity contribution in [2.24, 2.45) is 0 Å². The zero-order valence-corrected chi connectivity index (χ0v) is 10.1. The van der Waals surface area contributed by atoms with Gasteiger partial charge in [-0.15, -0.1) is 11.8 Å². The van der Waals surface area contributed by atoms with Crippen molar-refractivity contribution in [3.8, 4) is 0 Å². The fraction of sp³-hybridized carbons (Fsp3) is 0.500. The average molecular weight is 242 g/mol. The second-order valence-electron chi connectivity index (χ2n) is 3.11. The predicted molar refractivity (Wildman–Crippen MR) is 62.8 cm³/mol. The molecule has 0 aliphatic rings. The maximum atomic E-state index is 10.6. The molecule has 0 fully saturated rings. The van der Waals surface area contributed by atoms with E-state index in [0.717, 1.165) is 10.8 Å². The Morgan fingerprint density at radius 1 is 1.62 bits per heavy atom. The molecular formula is C10H14N2O3S. The minimum atomic E-state index is -0.420. The Kier molecular flexibility index (Phi) is 5.21. The van der Waals surface area contributed by atoms with Crippen molar-refractivity contribution < 1.29 is 9.66 Å². The van der Waals surface area contributed by atoms with E-state index in [4.69, 9.17) is 4.74 Å². The molecule has 0 atom stereocenters. The number of rotatable bonds is 6. The molecule has 0 saturated carbocycles. The summed E-state index contributed by atoms with van der Waals surface area (Å²) < 4.78 is 5.19. The molecule has 5 nitrogen and oxygen atoms in total. The molecule has 1 rings (SSSR count). The van der Waals surface area contributed by atoms with Gasteiger partial charge in [0.05, 0.1) is 16.6 Å². The van der Waals surface area contributed by atoms with Crippen LogP contribution in [-0.2, 0) is 4.74 Å². The highest BCUT2D eigenvalue weighted by Crippen LogP contribution is 2.22. The summed E-state index contributed by atoms with van der Waals surface area (Å²) in [4.78, 5) is 14.2. The minimum Gasteiger partial charge on any atom is -0.381 e. The number of ether oxygens (including phenoxy) is 1. The number of pyridine rings is 1. The van der Waals surface area contributed by atoms with Crippen molar-refractivity contribution in [2.45, 2.75) is 18.9 Å². The van der Waals surface area contributed by atoms with Gasteiger partial charge in [-0.25, -0.2) is 4.98 Å². The average Bonchev–Trinajstić information content (AvgIpc) is 2.24. The number of hydrogen-bond donors (Lipinski definition) is 0. The van der Waals surface area contributed by atoms with E-state index < -0.39 is 4.92 Å². The molecule has 0 amide bonds. The lowest BCUT2D eigenvalue weighted by Crippen LogP contribution is -1.97. The summed E-state index contributed by atoms with van der Waals surface area (Å²) in [5, 5.41) is 11.4. The number of nitro groups is 1. The van der Waals surface area contributed by atoms with Crippen LogP contribution in [0.4, 0.5) is 5.69 Å². The molecule has 88 valence electrons. The molecule has 0 aliphatic heterocycles. The topological polar surface area (TPSA) is 65.3 Å². The van der Waals surface area contributed by atoms with Crippen molar-refractivity contribution in [2.75, 3.05) is 19.0 Å². The van der Waals surface area contributed by atoms with Gasteiger partial charge in [0.25, 0.3) is 5.69 Å². The van der Waals surface area contributed by atoms with Crippen LogP contribution in [0.25, 0.3) is 0 Å². The Morgan fingerprint density at radius 3 is 2.94 bits per heavy atom. The Bertz CT molecular complexity index is 371. The summed E-state index contributed by atoms with van der Waals surface area (Å²) in [7, 11) is 0. The van der Waals surface area contributed by atoms with E-state index in [1.54, 1.807) is 13.0 Å². The molecule has 6 heteroatoms. The number of thioether (sulfide) groups is 1. The van der Waals surface area contributed by atoms with Crippen molar-refractivity contribution in [1.29, 1.82) is 0 Å². The normalized spacial score (nSPS) is 10.4. The monoisotopic (exact) mass is 242 g/mol. The quantitative estimate of drug-likeness (QED) is 0.332. The third kappa shape index (κ3) is 3.79. The molecule has 0 unspecified atom stereocenters. The zero-order valence-electron chi connectivity index (χ0n) is 9.30. The van der Waals surface area contributed by atoms with Gasteiger partial charge in [0.15, 0.2) is 0 Å². The van der Waals surface area contributed by atoms with E-state index in [-0.39, 0.29) is 5.69 Å². The molecule has 0 N–H and O–H groups in total. The van der Waals surface area contributed by atoms with E-state index in [9.17, 15) is 10.1 Å². The maximum absolute atomic E-state index is 10.6. The van der Waals surface area contributed by atoms with Gasteiger partial charge in [0.2, 0.25) is 0 Å². The van der Waals surface area contributed by atoms with Crippen LogP contribution in [0.3, 0.4) is 0 Å². The van der Waals surface area contributed by atoms with Crippen molar-refractivity contribution >= 4 is 17.4 Å². The second kappa shape index (κ2) is 6.44. The van der Waals surface area contributed by atoms with E-state index >= 15 is 0 Å². The van der Waals surface area contributed by atoms with Crippen LogP contribution in [0, 0.1) is 17.0 Å². The van der Waals surface area contributed by atoms with Gasteiger partial charge in [-0.05, 0) is 19.9 Å². The molecule has 1 aromatic heterocycles. The highest BCUT2D eigenvalue weighted by Gasteiger charge is 2.11. The molecule has 0 spiro atoms. The first-order valence-corrected chi connectivity index (χ1v) is 5.95. The lowest BCUT2D eigenvalue weighted by atomic mass is 10.3. The van der Waals surface area contributed by atoms with Crippen LogP contribution >= 0.6 is 11.8 Å². The molecule has 0 bridgehead atoms. The number of aromatic nitrogens is 1. The Balaban J connectivity index is 2.56. The summed E-state index contributed by atoms with van der Waals surface area (Å²) in [5.41, 5.74) is 0.702. The van der Waals surface area contributed by atoms with Crippen LogP contribution < -0.4 is 0 Å². The number of nitrogens with zero attached hydrogens (tertiary/aromatic N) is 2. The van der Waals surface area contributed by atoms with Gasteiger partial charge in [-0.2, -0.15) is 0 Å². The Labute approximate surface area is 98.4 Å². The third-order valence-corrected chi connectivity index (χ3v) is 2.83. The minimum absolute atomic E-state index is 0.0640. The predicted octanol–water partition coefficient (Wildman–Crippen LogP) is 2.43. The first kappa shape index (κ1) is 12.9. The van der Waals surface area contributed by atoms with E-state index in [1.807, 2.05) is 6.92 Å². The first-order chi connectivity index (χ1) is 7.65. The summed E-state index contributed by atoms with van der Waals surface area (Å²) in [5.74, 6) is 0.804. The van der Waals surface area contributed by atoms with Gasteiger partial charge in [0.1, 0.15) is 6.20 Å². The third-order valence-electron chi connectivity index (χ3n) is 1.94. The van der Waals surface area contributed by atoms with Crippen molar-refractivity contribution in [1.82, 2.24) is 4.98 Å². The second-order valence-corrected chi connectivity index (χ2v) is 4.23. The maximum Gasteiger partial charge on any atom is 0.290 e. The van der Waals surface area contributed by atoms with Gasteiger partial charge in [-0.3, -0.25) is 10.1 Å². The molecule has 1 aromatic rings. The summed E-state index contributed by atoms with van der Waals surface area (Å²) in [6.07, 6.45) is 1.30. The summed E-state index contributed by atoms with van der Waals surface area (Å²) in [6, 6.07) is 1.73. The van der Waals surface area contributed by atoms with Gasteiger partial charge >= 0.3 is 0 Å². The van der Waals surface area contributed by atoms with E-state index in [2.05, 4.69) is 4.98 Å². The molecular weight excluding hydrogens is 228 g/mol. The fourth-order valence-electron chi connectivity index (χ4n) is 1.14. The van der Waals surface area contributed by atoms with E-state index in [0.29, 0.717) is 18.8 Å². The molecule has 1 heterocycles. The van der Waals surface area contributed by atoms with Crippen LogP contribution in [0.2, 0.25) is 0 Å². The lowest BCUT2D eigenvalue weighted by Gasteiger charge is -2.02. The first-order valence-electron chi connectivity index (χ1n) is 4.96. The summed E-state index contributed by atoms with van der Waals surface area (Å²) >= 11 is 1.54. The highest BCUT2D eigenvalue weighted by molar-refractivity contribution is 7.99. The van der Waals surface area contributed by atoms with Gasteiger partial charge in [0, 0.05) is 17.9 Å².